The van der Waals surface area contributed by atoms with Crippen molar-refractivity contribution < 1.29 is 9.47 Å². The van der Waals surface area contributed by atoms with E-state index < -0.39 is 0 Å². The highest BCUT2D eigenvalue weighted by Crippen LogP contribution is 2.24. The van der Waals surface area contributed by atoms with Gasteiger partial charge < -0.3 is 9.47 Å². The molecule has 0 bridgehead atoms. The average molecular weight is 307 g/mol. The fraction of sp³-hybridized carbons (Fsp3) is 0.200. The van der Waals surface area contributed by atoms with E-state index in [9.17, 15) is 0 Å². The molecule has 3 heteroatoms. The molecule has 94 valence electrons. The first-order chi connectivity index (χ1) is 8.69. The molecular formula is C15H15BrO2. The molecule has 2 aromatic rings. The molecule has 0 radical (unpaired) electrons. The van der Waals surface area contributed by atoms with Crippen molar-refractivity contribution in [3.05, 3.63) is 58.1 Å². The Morgan fingerprint density at radius 1 is 1.06 bits per heavy atom. The smallest absolute Gasteiger partial charge is 0.125 e. The Balaban J connectivity index is 2.09. The zero-order valence-electron chi connectivity index (χ0n) is 10.4. The average Bonchev–Trinajstić information content (AvgIpc) is 2.38. The summed E-state index contributed by atoms with van der Waals surface area (Å²) >= 11 is 3.45. The van der Waals surface area contributed by atoms with E-state index in [1.165, 1.54) is 5.56 Å². The van der Waals surface area contributed by atoms with Crippen molar-refractivity contribution in [3.63, 3.8) is 0 Å². The quantitative estimate of drug-likeness (QED) is 0.836. The lowest BCUT2D eigenvalue weighted by molar-refractivity contribution is 0.296. The van der Waals surface area contributed by atoms with Crippen LogP contribution in [-0.2, 0) is 6.61 Å². The van der Waals surface area contributed by atoms with Gasteiger partial charge in [0.2, 0.25) is 0 Å². The number of rotatable bonds is 4. The molecule has 0 saturated heterocycles. The van der Waals surface area contributed by atoms with Gasteiger partial charge in [0.1, 0.15) is 18.1 Å². The fourth-order valence-electron chi connectivity index (χ4n) is 1.66. The van der Waals surface area contributed by atoms with E-state index in [0.717, 1.165) is 21.5 Å². The monoisotopic (exact) mass is 306 g/mol. The van der Waals surface area contributed by atoms with E-state index in [4.69, 9.17) is 9.47 Å². The van der Waals surface area contributed by atoms with Crippen molar-refractivity contribution >= 4 is 15.9 Å². The molecule has 0 unspecified atom stereocenters. The molecule has 0 fully saturated rings. The summed E-state index contributed by atoms with van der Waals surface area (Å²) in [7, 11) is 1.67. The second-order valence-corrected chi connectivity index (χ2v) is 4.97. The maximum absolute atomic E-state index is 5.74. The second kappa shape index (κ2) is 5.91. The van der Waals surface area contributed by atoms with Gasteiger partial charge in [0.25, 0.3) is 0 Å². The molecule has 18 heavy (non-hydrogen) atoms. The van der Waals surface area contributed by atoms with Gasteiger partial charge in [0.15, 0.2) is 0 Å². The lowest BCUT2D eigenvalue weighted by atomic mass is 10.2. The maximum Gasteiger partial charge on any atom is 0.125 e. The summed E-state index contributed by atoms with van der Waals surface area (Å²) in [6, 6.07) is 13.9. The van der Waals surface area contributed by atoms with Crippen LogP contribution >= 0.6 is 15.9 Å². The molecule has 0 aliphatic carbocycles. The molecule has 0 N–H and O–H groups in total. The number of halogens is 1. The number of methoxy groups -OCH3 is 1. The number of aryl methyl sites for hydroxylation is 1. The first-order valence-corrected chi connectivity index (χ1v) is 6.50. The molecule has 2 aromatic carbocycles. The van der Waals surface area contributed by atoms with E-state index in [1.807, 2.05) is 42.5 Å². The molecule has 0 heterocycles. The second-order valence-electron chi connectivity index (χ2n) is 4.06. The normalized spacial score (nSPS) is 10.2. The van der Waals surface area contributed by atoms with Crippen LogP contribution in [0.4, 0.5) is 0 Å². The van der Waals surface area contributed by atoms with Crippen molar-refractivity contribution in [2.75, 3.05) is 7.11 Å². The van der Waals surface area contributed by atoms with Gasteiger partial charge in [0.05, 0.1) is 7.11 Å². The van der Waals surface area contributed by atoms with E-state index in [2.05, 4.69) is 22.9 Å². The Kier molecular flexibility index (Phi) is 4.26. The molecule has 0 aliphatic heterocycles. The molecule has 2 rings (SSSR count). The molecule has 2 nitrogen and oxygen atoms in total. The zero-order valence-corrected chi connectivity index (χ0v) is 12.0. The predicted molar refractivity (Wildman–Crippen MR) is 76.2 cm³/mol. The van der Waals surface area contributed by atoms with Gasteiger partial charge in [0, 0.05) is 10.0 Å². The minimum absolute atomic E-state index is 0.492. The maximum atomic E-state index is 5.74. The van der Waals surface area contributed by atoms with Gasteiger partial charge in [-0.2, -0.15) is 0 Å². The number of hydrogen-bond donors (Lipinski definition) is 0. The van der Waals surface area contributed by atoms with E-state index in [-0.39, 0.29) is 0 Å². The summed E-state index contributed by atoms with van der Waals surface area (Å²) < 4.78 is 12.1. The van der Waals surface area contributed by atoms with Crippen molar-refractivity contribution in [2.24, 2.45) is 0 Å². The predicted octanol–water partition coefficient (Wildman–Crippen LogP) is 4.35. The molecule has 0 amide bonds. The molecule has 0 aromatic heterocycles. The van der Waals surface area contributed by atoms with Crippen LogP contribution in [0.2, 0.25) is 0 Å². The van der Waals surface area contributed by atoms with Gasteiger partial charge in [-0.25, -0.2) is 0 Å². The first kappa shape index (κ1) is 13.0. The topological polar surface area (TPSA) is 18.5 Å². The van der Waals surface area contributed by atoms with Crippen LogP contribution in [0.15, 0.2) is 46.9 Å². The van der Waals surface area contributed by atoms with Crippen LogP contribution in [0.25, 0.3) is 0 Å². The molecule has 0 spiro atoms. The lowest BCUT2D eigenvalue weighted by Gasteiger charge is -2.10. The van der Waals surface area contributed by atoms with Crippen LogP contribution in [0, 0.1) is 6.92 Å². The summed E-state index contributed by atoms with van der Waals surface area (Å²) in [5.41, 5.74) is 2.25. The van der Waals surface area contributed by atoms with Crippen LogP contribution < -0.4 is 9.47 Å². The largest absolute Gasteiger partial charge is 0.496 e. The van der Waals surface area contributed by atoms with E-state index >= 15 is 0 Å². The number of ether oxygens (including phenoxy) is 2. The molecule has 0 aliphatic rings. The molecule has 0 atom stereocenters. The Labute approximate surface area is 116 Å². The summed E-state index contributed by atoms with van der Waals surface area (Å²) in [6.45, 7) is 2.55. The third-order valence-corrected chi connectivity index (χ3v) is 3.15. The Morgan fingerprint density at radius 3 is 2.44 bits per heavy atom. The molecular weight excluding hydrogens is 292 g/mol. The Hall–Kier alpha value is -1.48. The fourth-order valence-corrected chi connectivity index (χ4v) is 2.06. The summed E-state index contributed by atoms with van der Waals surface area (Å²) in [6.07, 6.45) is 0. The van der Waals surface area contributed by atoms with Gasteiger partial charge in [-0.05, 0) is 37.3 Å². The van der Waals surface area contributed by atoms with Crippen molar-refractivity contribution in [2.45, 2.75) is 13.5 Å². The summed E-state index contributed by atoms with van der Waals surface area (Å²) in [4.78, 5) is 0. The standard InChI is InChI=1S/C15H15BrO2/c1-11-3-6-14(7-4-11)18-10-12-9-13(16)5-8-15(12)17-2/h3-9H,10H2,1-2H3. The highest BCUT2D eigenvalue weighted by Gasteiger charge is 2.04. The van der Waals surface area contributed by atoms with Crippen molar-refractivity contribution in [3.8, 4) is 11.5 Å². The number of hydrogen-bond acceptors (Lipinski definition) is 2. The van der Waals surface area contributed by atoms with E-state index in [1.54, 1.807) is 7.11 Å². The van der Waals surface area contributed by atoms with Crippen LogP contribution in [-0.4, -0.2) is 7.11 Å². The van der Waals surface area contributed by atoms with Gasteiger partial charge in [-0.15, -0.1) is 0 Å². The molecule has 0 saturated carbocycles. The Morgan fingerprint density at radius 2 is 1.78 bits per heavy atom. The van der Waals surface area contributed by atoms with Crippen molar-refractivity contribution in [1.82, 2.24) is 0 Å². The lowest BCUT2D eigenvalue weighted by Crippen LogP contribution is -1.98. The third-order valence-electron chi connectivity index (χ3n) is 2.66. The highest BCUT2D eigenvalue weighted by molar-refractivity contribution is 9.10. The van der Waals surface area contributed by atoms with Crippen LogP contribution in [0.5, 0.6) is 11.5 Å². The SMILES string of the molecule is COc1ccc(Br)cc1COc1ccc(C)cc1. The minimum Gasteiger partial charge on any atom is -0.496 e. The minimum atomic E-state index is 0.492. The van der Waals surface area contributed by atoms with Crippen LogP contribution in [0.1, 0.15) is 11.1 Å². The van der Waals surface area contributed by atoms with E-state index in [0.29, 0.717) is 6.61 Å². The van der Waals surface area contributed by atoms with Crippen molar-refractivity contribution in [1.29, 1.82) is 0 Å². The number of benzene rings is 2. The van der Waals surface area contributed by atoms with Gasteiger partial charge in [-0.3, -0.25) is 0 Å². The zero-order chi connectivity index (χ0) is 13.0. The Bertz CT molecular complexity index is 521. The highest BCUT2D eigenvalue weighted by atomic mass is 79.9. The van der Waals surface area contributed by atoms with Gasteiger partial charge in [-0.1, -0.05) is 33.6 Å². The van der Waals surface area contributed by atoms with Gasteiger partial charge >= 0.3 is 0 Å². The summed E-state index contributed by atoms with van der Waals surface area (Å²) in [5.74, 6) is 1.70. The third kappa shape index (κ3) is 3.26. The first-order valence-electron chi connectivity index (χ1n) is 5.71. The van der Waals surface area contributed by atoms with Crippen LogP contribution in [0.3, 0.4) is 0 Å². The summed E-state index contributed by atoms with van der Waals surface area (Å²) in [5, 5.41) is 0.